The van der Waals surface area contributed by atoms with E-state index in [0.29, 0.717) is 0 Å². The Kier molecular flexibility index (Phi) is 2.87. The molecule has 5 heteroatoms. The van der Waals surface area contributed by atoms with Gasteiger partial charge in [0.25, 0.3) is 0 Å². The minimum absolute atomic E-state index is 0.112. The van der Waals surface area contributed by atoms with E-state index in [2.05, 4.69) is 20.9 Å². The van der Waals surface area contributed by atoms with Crippen LogP contribution in [0.3, 0.4) is 0 Å². The lowest BCUT2D eigenvalue weighted by atomic mass is 10.1. The van der Waals surface area contributed by atoms with Crippen LogP contribution in [0.1, 0.15) is 0 Å². The highest BCUT2D eigenvalue weighted by atomic mass is 79.9. The van der Waals surface area contributed by atoms with Gasteiger partial charge in [-0.2, -0.15) is 0 Å². The van der Waals surface area contributed by atoms with Crippen LogP contribution in [-0.2, 0) is 0 Å². The molecule has 1 aromatic carbocycles. The Morgan fingerprint density at radius 1 is 1.19 bits per heavy atom. The zero-order valence-corrected chi connectivity index (χ0v) is 9.50. The maximum absolute atomic E-state index is 13.7. The van der Waals surface area contributed by atoms with Crippen molar-refractivity contribution in [1.82, 2.24) is 4.98 Å². The summed E-state index contributed by atoms with van der Waals surface area (Å²) in [7, 11) is 0. The van der Waals surface area contributed by atoms with Crippen LogP contribution in [0.2, 0.25) is 0 Å². The van der Waals surface area contributed by atoms with E-state index >= 15 is 0 Å². The third kappa shape index (κ3) is 1.78. The number of halogens is 3. The van der Waals surface area contributed by atoms with Crippen molar-refractivity contribution >= 4 is 15.9 Å². The summed E-state index contributed by atoms with van der Waals surface area (Å²) in [4.78, 5) is 3.76. The normalized spacial score (nSPS) is 10.4. The van der Waals surface area contributed by atoms with Crippen LogP contribution in [-0.4, -0.2) is 10.1 Å². The molecule has 2 rings (SSSR count). The van der Waals surface area contributed by atoms with Gasteiger partial charge in [-0.1, -0.05) is 0 Å². The van der Waals surface area contributed by atoms with E-state index in [1.165, 1.54) is 24.4 Å². The van der Waals surface area contributed by atoms with Crippen LogP contribution in [0.5, 0.6) is 5.75 Å². The van der Waals surface area contributed by atoms with E-state index in [0.717, 1.165) is 6.07 Å². The first-order valence-corrected chi connectivity index (χ1v) is 5.18. The maximum Gasteiger partial charge on any atom is 0.149 e. The molecule has 0 aliphatic rings. The molecular formula is C11H6BrF2NO. The standard InChI is InChI=1S/C11H6BrF2NO/c12-6-3-4-7(13)9(10(6)14)11-8(16)2-1-5-15-11/h1-5,16H. The monoisotopic (exact) mass is 285 g/mol. The molecule has 0 saturated heterocycles. The summed E-state index contributed by atoms with van der Waals surface area (Å²) in [5.74, 6) is -1.82. The number of hydrogen-bond acceptors (Lipinski definition) is 2. The average Bonchev–Trinajstić information content (AvgIpc) is 2.27. The van der Waals surface area contributed by atoms with E-state index in [1.807, 2.05) is 0 Å². The summed E-state index contributed by atoms with van der Waals surface area (Å²) in [6, 6.07) is 5.17. The van der Waals surface area contributed by atoms with E-state index in [9.17, 15) is 13.9 Å². The fourth-order valence-electron chi connectivity index (χ4n) is 1.33. The van der Waals surface area contributed by atoms with E-state index < -0.39 is 11.6 Å². The van der Waals surface area contributed by atoms with Crippen molar-refractivity contribution < 1.29 is 13.9 Å². The first-order chi connectivity index (χ1) is 7.61. The summed E-state index contributed by atoms with van der Waals surface area (Å²) in [5.41, 5.74) is -0.453. The van der Waals surface area contributed by atoms with Gasteiger partial charge in [-0.05, 0) is 40.2 Å². The van der Waals surface area contributed by atoms with Gasteiger partial charge in [0.1, 0.15) is 23.1 Å². The first-order valence-electron chi connectivity index (χ1n) is 4.39. The van der Waals surface area contributed by atoms with Crippen LogP contribution in [0, 0.1) is 11.6 Å². The summed E-state index contributed by atoms with van der Waals surface area (Å²) in [6.45, 7) is 0. The fourth-order valence-corrected chi connectivity index (χ4v) is 1.66. The summed E-state index contributed by atoms with van der Waals surface area (Å²) in [5, 5.41) is 9.49. The van der Waals surface area contributed by atoms with Crippen LogP contribution in [0.4, 0.5) is 8.78 Å². The van der Waals surface area contributed by atoms with Crippen molar-refractivity contribution in [2.75, 3.05) is 0 Å². The molecule has 0 bridgehead atoms. The molecule has 0 atom stereocenters. The molecule has 1 heterocycles. The number of pyridine rings is 1. The lowest BCUT2D eigenvalue weighted by Gasteiger charge is -2.07. The van der Waals surface area contributed by atoms with E-state index in [4.69, 9.17) is 0 Å². The fraction of sp³-hybridized carbons (Fsp3) is 0. The molecule has 0 radical (unpaired) electrons. The van der Waals surface area contributed by atoms with E-state index in [1.54, 1.807) is 0 Å². The van der Waals surface area contributed by atoms with Crippen molar-refractivity contribution in [1.29, 1.82) is 0 Å². The molecule has 16 heavy (non-hydrogen) atoms. The minimum atomic E-state index is -0.783. The van der Waals surface area contributed by atoms with Crippen LogP contribution < -0.4 is 0 Å². The molecule has 0 spiro atoms. The smallest absolute Gasteiger partial charge is 0.149 e. The Morgan fingerprint density at radius 2 is 1.94 bits per heavy atom. The SMILES string of the molecule is Oc1cccnc1-c1c(F)ccc(Br)c1F. The van der Waals surface area contributed by atoms with Crippen LogP contribution >= 0.6 is 15.9 Å². The van der Waals surface area contributed by atoms with E-state index in [-0.39, 0.29) is 21.5 Å². The number of hydrogen-bond donors (Lipinski definition) is 1. The van der Waals surface area contributed by atoms with Gasteiger partial charge in [-0.3, -0.25) is 4.98 Å². The van der Waals surface area contributed by atoms with Gasteiger partial charge in [0, 0.05) is 6.20 Å². The minimum Gasteiger partial charge on any atom is -0.506 e. The van der Waals surface area contributed by atoms with Gasteiger partial charge in [0.05, 0.1) is 10.0 Å². The van der Waals surface area contributed by atoms with Gasteiger partial charge in [-0.15, -0.1) is 0 Å². The number of aromatic hydroxyl groups is 1. The Balaban J connectivity index is 2.74. The Bertz CT molecular complexity index is 546. The largest absolute Gasteiger partial charge is 0.506 e. The second-order valence-electron chi connectivity index (χ2n) is 3.09. The molecule has 2 aromatic rings. The molecule has 1 N–H and O–H groups in total. The predicted octanol–water partition coefficient (Wildman–Crippen LogP) is 3.49. The lowest BCUT2D eigenvalue weighted by molar-refractivity contribution is 0.473. The van der Waals surface area contributed by atoms with Gasteiger partial charge >= 0.3 is 0 Å². The summed E-state index contributed by atoms with van der Waals surface area (Å²) >= 11 is 2.95. The topological polar surface area (TPSA) is 33.1 Å². The van der Waals surface area contributed by atoms with Gasteiger partial charge in [0.15, 0.2) is 0 Å². The van der Waals surface area contributed by atoms with Crippen LogP contribution in [0.25, 0.3) is 11.3 Å². The second-order valence-corrected chi connectivity index (χ2v) is 3.94. The Labute approximate surface area is 98.7 Å². The van der Waals surface area contributed by atoms with Crippen LogP contribution in [0.15, 0.2) is 34.9 Å². The highest BCUT2D eigenvalue weighted by molar-refractivity contribution is 9.10. The van der Waals surface area contributed by atoms with Crippen molar-refractivity contribution in [3.8, 4) is 17.0 Å². The second kappa shape index (κ2) is 4.17. The molecule has 0 saturated carbocycles. The zero-order chi connectivity index (χ0) is 11.7. The molecule has 2 nitrogen and oxygen atoms in total. The molecule has 0 fully saturated rings. The first kappa shape index (κ1) is 11.0. The number of nitrogens with zero attached hydrogens (tertiary/aromatic N) is 1. The van der Waals surface area contributed by atoms with Gasteiger partial charge in [0.2, 0.25) is 0 Å². The van der Waals surface area contributed by atoms with Gasteiger partial charge < -0.3 is 5.11 Å². The third-order valence-electron chi connectivity index (χ3n) is 2.07. The van der Waals surface area contributed by atoms with Crippen molar-refractivity contribution in [2.24, 2.45) is 0 Å². The summed E-state index contributed by atoms with van der Waals surface area (Å²) < 4.78 is 27.3. The molecule has 82 valence electrons. The maximum atomic E-state index is 13.7. The number of benzene rings is 1. The third-order valence-corrected chi connectivity index (χ3v) is 2.68. The van der Waals surface area contributed by atoms with Crippen molar-refractivity contribution in [2.45, 2.75) is 0 Å². The zero-order valence-electron chi connectivity index (χ0n) is 7.92. The molecule has 0 aliphatic carbocycles. The summed E-state index contributed by atoms with van der Waals surface area (Å²) in [6.07, 6.45) is 1.36. The highest BCUT2D eigenvalue weighted by Crippen LogP contribution is 2.33. The molecular weight excluding hydrogens is 280 g/mol. The predicted molar refractivity (Wildman–Crippen MR) is 59.0 cm³/mol. The molecule has 0 amide bonds. The molecule has 0 aliphatic heterocycles. The molecule has 1 aromatic heterocycles. The quantitative estimate of drug-likeness (QED) is 0.814. The number of aromatic nitrogens is 1. The van der Waals surface area contributed by atoms with Crippen molar-refractivity contribution in [3.63, 3.8) is 0 Å². The Hall–Kier alpha value is -1.49. The lowest BCUT2D eigenvalue weighted by Crippen LogP contribution is -1.93. The van der Waals surface area contributed by atoms with Crippen molar-refractivity contribution in [3.05, 3.63) is 46.6 Å². The Morgan fingerprint density at radius 3 is 2.62 bits per heavy atom. The number of rotatable bonds is 1. The average molecular weight is 286 g/mol. The highest BCUT2D eigenvalue weighted by Gasteiger charge is 2.18. The molecule has 0 unspecified atom stereocenters. The van der Waals surface area contributed by atoms with Gasteiger partial charge in [-0.25, -0.2) is 8.78 Å².